The van der Waals surface area contributed by atoms with Gasteiger partial charge in [-0.15, -0.1) is 0 Å². The van der Waals surface area contributed by atoms with Crippen molar-refractivity contribution in [3.63, 3.8) is 0 Å². The first-order valence-corrected chi connectivity index (χ1v) is 2.29. The Bertz CT molecular complexity index is 11.6. The van der Waals surface area contributed by atoms with Gasteiger partial charge in [0.2, 0.25) is 0 Å². The van der Waals surface area contributed by atoms with E-state index in [1.165, 1.54) is 0 Å². The van der Waals surface area contributed by atoms with E-state index in [0.717, 1.165) is 0 Å². The molecule has 0 saturated heterocycles. The Morgan fingerprint density at radius 2 is 1.40 bits per heavy atom. The molecule has 0 rings (SSSR count). The lowest BCUT2D eigenvalue weighted by Crippen LogP contribution is -1.69. The maximum absolute atomic E-state index is 3.27. The minimum absolute atomic E-state index is 0. The van der Waals surface area contributed by atoms with Crippen molar-refractivity contribution in [3.05, 3.63) is 0 Å². The minimum atomic E-state index is 0. The molecule has 0 atom stereocenters. The second kappa shape index (κ2) is 4.44. The van der Waals surface area contributed by atoms with Gasteiger partial charge in [0, 0.05) is 4.83 Å². The molecule has 34 valence electrons. The van der Waals surface area contributed by atoms with Gasteiger partial charge in [-0.3, -0.25) is 0 Å². The minimum Gasteiger partial charge on any atom is -0.344 e. The lowest BCUT2D eigenvalue weighted by Gasteiger charge is -1.76. The number of halogens is 1. The molecule has 0 aromatic rings. The van der Waals surface area contributed by atoms with Crippen LogP contribution >= 0.6 is 15.9 Å². The Balaban J connectivity index is 0. The number of rotatable bonds is 0. The first-order chi connectivity index (χ1) is 1.73. The zero-order chi connectivity index (χ0) is 3.58. The Morgan fingerprint density at radius 1 is 1.40 bits per heavy atom. The van der Waals surface area contributed by atoms with Gasteiger partial charge in [-0.1, -0.05) is 29.8 Å². The van der Waals surface area contributed by atoms with Crippen LogP contribution in [0.25, 0.3) is 0 Å². The molecule has 0 radical (unpaired) electrons. The maximum Gasteiger partial charge on any atom is 0.00888 e. The van der Waals surface area contributed by atoms with Crippen LogP contribution in [0, 0.1) is 0 Å². The normalized spacial score (nSPS) is 7.20. The maximum atomic E-state index is 3.27. The van der Waals surface area contributed by atoms with Gasteiger partial charge in [0.1, 0.15) is 0 Å². The van der Waals surface area contributed by atoms with Gasteiger partial charge in [0.15, 0.2) is 0 Å². The van der Waals surface area contributed by atoms with Crippen molar-refractivity contribution in [3.8, 4) is 0 Å². The quantitative estimate of drug-likeness (QED) is 0.512. The van der Waals surface area contributed by atoms with Crippen molar-refractivity contribution in [1.29, 1.82) is 0 Å². The van der Waals surface area contributed by atoms with E-state index in [9.17, 15) is 0 Å². The van der Waals surface area contributed by atoms with E-state index in [2.05, 4.69) is 29.8 Å². The second-order valence-electron chi connectivity index (χ2n) is 1.01. The Hall–Kier alpha value is 0.440. The molecule has 0 aromatic carbocycles. The van der Waals surface area contributed by atoms with Crippen LogP contribution in [0.1, 0.15) is 13.8 Å². The lowest BCUT2D eigenvalue weighted by atomic mass is 10.6. The summed E-state index contributed by atoms with van der Waals surface area (Å²) in [6, 6.07) is 0. The topological polar surface area (TPSA) is 35.0 Å². The molecule has 0 heterocycles. The predicted molar refractivity (Wildman–Crippen MR) is 29.1 cm³/mol. The van der Waals surface area contributed by atoms with Gasteiger partial charge in [-0.2, -0.15) is 0 Å². The zero-order valence-corrected chi connectivity index (χ0v) is 5.25. The average molecular weight is 140 g/mol. The summed E-state index contributed by atoms with van der Waals surface area (Å²) < 4.78 is 0. The fraction of sp³-hybridized carbons (Fsp3) is 1.00. The molecule has 5 heavy (non-hydrogen) atoms. The molecule has 0 aliphatic carbocycles. The molecule has 0 unspecified atom stereocenters. The van der Waals surface area contributed by atoms with Crippen molar-refractivity contribution < 1.29 is 0 Å². The van der Waals surface area contributed by atoms with Crippen LogP contribution < -0.4 is 6.15 Å². The highest BCUT2D eigenvalue weighted by molar-refractivity contribution is 9.09. The van der Waals surface area contributed by atoms with E-state index < -0.39 is 0 Å². The number of alkyl halides is 1. The summed E-state index contributed by atoms with van der Waals surface area (Å²) in [7, 11) is 0. The third-order valence-electron chi connectivity index (χ3n) is 0. The predicted octanol–water partition coefficient (Wildman–Crippen LogP) is 1.95. The molecular formula is C3H10BrN. The van der Waals surface area contributed by atoms with Crippen molar-refractivity contribution >= 4 is 15.9 Å². The van der Waals surface area contributed by atoms with Crippen LogP contribution in [0.4, 0.5) is 0 Å². The average Bonchev–Trinajstić information content (AvgIpc) is 0.811. The van der Waals surface area contributed by atoms with Gasteiger partial charge >= 0.3 is 0 Å². The van der Waals surface area contributed by atoms with E-state index in [-0.39, 0.29) is 6.15 Å². The Kier molecular flexibility index (Phi) is 8.05. The second-order valence-corrected chi connectivity index (χ2v) is 2.85. The summed E-state index contributed by atoms with van der Waals surface area (Å²) in [5.74, 6) is 0. The molecule has 1 nitrogen and oxygen atoms in total. The Labute approximate surface area is 41.5 Å². The molecule has 2 heteroatoms. The molecule has 0 fully saturated rings. The van der Waals surface area contributed by atoms with Gasteiger partial charge in [-0.25, -0.2) is 0 Å². The Morgan fingerprint density at radius 3 is 1.40 bits per heavy atom. The SMILES string of the molecule is CC(C)Br.N. The summed E-state index contributed by atoms with van der Waals surface area (Å²) in [6.45, 7) is 4.17. The molecule has 0 aromatic heterocycles. The highest BCUT2D eigenvalue weighted by Gasteiger charge is 1.71. The monoisotopic (exact) mass is 139 g/mol. The standard InChI is InChI=1S/C3H7Br.H3N/c1-3(2)4;/h3H,1-2H3;1H3. The molecule has 0 spiro atoms. The van der Waals surface area contributed by atoms with Crippen LogP contribution in [-0.2, 0) is 0 Å². The highest BCUT2D eigenvalue weighted by Crippen LogP contribution is 1.89. The molecule has 0 aliphatic heterocycles. The molecule has 0 aliphatic rings. The molecule has 3 N–H and O–H groups in total. The highest BCUT2D eigenvalue weighted by atomic mass is 79.9. The molecule has 0 amide bonds. The van der Waals surface area contributed by atoms with Gasteiger partial charge in [0.05, 0.1) is 0 Å². The zero-order valence-electron chi connectivity index (χ0n) is 3.66. The fourth-order valence-corrected chi connectivity index (χ4v) is 0. The number of hydrogen-bond acceptors (Lipinski definition) is 1. The van der Waals surface area contributed by atoms with Crippen molar-refractivity contribution in [2.75, 3.05) is 0 Å². The van der Waals surface area contributed by atoms with E-state index in [0.29, 0.717) is 4.83 Å². The van der Waals surface area contributed by atoms with Crippen molar-refractivity contribution in [1.82, 2.24) is 6.15 Å². The van der Waals surface area contributed by atoms with Crippen LogP contribution in [0.5, 0.6) is 0 Å². The van der Waals surface area contributed by atoms with Crippen LogP contribution in [-0.4, -0.2) is 4.83 Å². The van der Waals surface area contributed by atoms with Crippen LogP contribution in [0.15, 0.2) is 0 Å². The third kappa shape index (κ3) is 137. The summed E-state index contributed by atoms with van der Waals surface area (Å²) in [6.07, 6.45) is 0. The van der Waals surface area contributed by atoms with Gasteiger partial charge in [0.25, 0.3) is 0 Å². The third-order valence-corrected chi connectivity index (χ3v) is 0. The molecule has 0 saturated carbocycles. The van der Waals surface area contributed by atoms with Crippen molar-refractivity contribution in [2.45, 2.75) is 18.7 Å². The van der Waals surface area contributed by atoms with Crippen LogP contribution in [0.3, 0.4) is 0 Å². The largest absolute Gasteiger partial charge is 0.344 e. The van der Waals surface area contributed by atoms with Crippen LogP contribution in [0.2, 0.25) is 0 Å². The molecule has 0 bridgehead atoms. The van der Waals surface area contributed by atoms with Crippen molar-refractivity contribution in [2.24, 2.45) is 0 Å². The summed E-state index contributed by atoms with van der Waals surface area (Å²) in [4.78, 5) is 0.646. The van der Waals surface area contributed by atoms with E-state index in [1.54, 1.807) is 0 Å². The lowest BCUT2D eigenvalue weighted by molar-refractivity contribution is 1.14. The smallest absolute Gasteiger partial charge is 0.00888 e. The molecular weight excluding hydrogens is 130 g/mol. The van der Waals surface area contributed by atoms with E-state index in [1.807, 2.05) is 0 Å². The first-order valence-electron chi connectivity index (χ1n) is 1.37. The summed E-state index contributed by atoms with van der Waals surface area (Å²) >= 11 is 3.27. The first kappa shape index (κ1) is 9.06. The summed E-state index contributed by atoms with van der Waals surface area (Å²) in [5.41, 5.74) is 0. The fourth-order valence-electron chi connectivity index (χ4n) is 0. The van der Waals surface area contributed by atoms with E-state index >= 15 is 0 Å². The van der Waals surface area contributed by atoms with Gasteiger partial charge < -0.3 is 6.15 Å². The summed E-state index contributed by atoms with van der Waals surface area (Å²) in [5, 5.41) is 0. The van der Waals surface area contributed by atoms with E-state index in [4.69, 9.17) is 0 Å². The van der Waals surface area contributed by atoms with Gasteiger partial charge in [-0.05, 0) is 0 Å². The number of hydrogen-bond donors (Lipinski definition) is 1.